The Kier molecular flexibility index (Phi) is 2.89. The molecule has 3 heteroatoms. The van der Waals surface area contributed by atoms with Crippen molar-refractivity contribution < 1.29 is 4.79 Å². The van der Waals surface area contributed by atoms with Crippen LogP contribution in [0, 0.1) is 0 Å². The van der Waals surface area contributed by atoms with Crippen molar-refractivity contribution in [3.63, 3.8) is 0 Å². The molecule has 0 N–H and O–H groups in total. The molecule has 0 saturated heterocycles. The number of fused-ring (bicyclic) bond motifs is 1. The van der Waals surface area contributed by atoms with Gasteiger partial charge in [-0.2, -0.15) is 0 Å². The highest BCUT2D eigenvalue weighted by Gasteiger charge is 2.31. The van der Waals surface area contributed by atoms with Gasteiger partial charge in [0.15, 0.2) is 5.78 Å². The van der Waals surface area contributed by atoms with E-state index >= 15 is 0 Å². The standard InChI is InChI=1S/C15H10Cl2O/c16-11-4-1-9(2-5-11)13-7-10-3-6-12(17)8-14(10)15(13)18/h1-6,8,13H,7H2/t13-/m0/s1. The van der Waals surface area contributed by atoms with Gasteiger partial charge < -0.3 is 0 Å². The number of rotatable bonds is 1. The summed E-state index contributed by atoms with van der Waals surface area (Å²) < 4.78 is 0. The summed E-state index contributed by atoms with van der Waals surface area (Å²) in [6.07, 6.45) is 0.743. The Labute approximate surface area is 115 Å². The lowest BCUT2D eigenvalue weighted by Crippen LogP contribution is -2.06. The van der Waals surface area contributed by atoms with E-state index in [0.717, 1.165) is 23.1 Å². The van der Waals surface area contributed by atoms with Crippen molar-refractivity contribution in [2.24, 2.45) is 0 Å². The van der Waals surface area contributed by atoms with Crippen LogP contribution in [0.5, 0.6) is 0 Å². The average molecular weight is 277 g/mol. The molecule has 1 nitrogen and oxygen atoms in total. The molecule has 90 valence electrons. The molecule has 2 aromatic rings. The molecule has 0 radical (unpaired) electrons. The molecular weight excluding hydrogens is 267 g/mol. The quantitative estimate of drug-likeness (QED) is 0.749. The summed E-state index contributed by atoms with van der Waals surface area (Å²) in [6.45, 7) is 0. The highest BCUT2D eigenvalue weighted by molar-refractivity contribution is 6.31. The Bertz CT molecular complexity index is 617. The van der Waals surface area contributed by atoms with Gasteiger partial charge in [-0.15, -0.1) is 0 Å². The van der Waals surface area contributed by atoms with Crippen LogP contribution in [0.15, 0.2) is 42.5 Å². The number of hydrogen-bond acceptors (Lipinski definition) is 1. The number of benzene rings is 2. The van der Waals surface area contributed by atoms with E-state index in [1.165, 1.54) is 0 Å². The van der Waals surface area contributed by atoms with E-state index in [1.54, 1.807) is 6.07 Å². The summed E-state index contributed by atoms with van der Waals surface area (Å²) in [5.74, 6) is 0.0468. The lowest BCUT2D eigenvalue weighted by atomic mass is 9.95. The van der Waals surface area contributed by atoms with Crippen LogP contribution in [0.3, 0.4) is 0 Å². The highest BCUT2D eigenvalue weighted by atomic mass is 35.5. The van der Waals surface area contributed by atoms with Crippen molar-refractivity contribution in [2.75, 3.05) is 0 Å². The number of carbonyl (C=O) groups is 1. The van der Waals surface area contributed by atoms with Gasteiger partial charge in [0.2, 0.25) is 0 Å². The third kappa shape index (κ3) is 1.94. The van der Waals surface area contributed by atoms with Crippen molar-refractivity contribution >= 4 is 29.0 Å². The Morgan fingerprint density at radius 2 is 1.61 bits per heavy atom. The van der Waals surface area contributed by atoms with Gasteiger partial charge in [0, 0.05) is 15.6 Å². The van der Waals surface area contributed by atoms with Gasteiger partial charge in [-0.3, -0.25) is 4.79 Å². The molecule has 1 atom stereocenters. The summed E-state index contributed by atoms with van der Waals surface area (Å²) in [7, 11) is 0. The first-order valence-electron chi connectivity index (χ1n) is 5.73. The first-order chi connectivity index (χ1) is 8.65. The van der Waals surface area contributed by atoms with Gasteiger partial charge in [-0.25, -0.2) is 0 Å². The summed E-state index contributed by atoms with van der Waals surface area (Å²) in [6, 6.07) is 13.0. The van der Waals surface area contributed by atoms with Crippen molar-refractivity contribution in [2.45, 2.75) is 12.3 Å². The zero-order valence-corrected chi connectivity index (χ0v) is 11.0. The fourth-order valence-electron chi connectivity index (χ4n) is 2.42. The maximum Gasteiger partial charge on any atom is 0.170 e. The van der Waals surface area contributed by atoms with Crippen LogP contribution in [-0.2, 0) is 6.42 Å². The van der Waals surface area contributed by atoms with Crippen LogP contribution in [0.25, 0.3) is 0 Å². The predicted molar refractivity (Wildman–Crippen MR) is 73.7 cm³/mol. The zero-order chi connectivity index (χ0) is 12.7. The Hall–Kier alpha value is -1.31. The smallest absolute Gasteiger partial charge is 0.170 e. The average Bonchev–Trinajstić information content (AvgIpc) is 2.68. The van der Waals surface area contributed by atoms with Gasteiger partial charge in [-0.1, -0.05) is 41.4 Å². The third-order valence-corrected chi connectivity index (χ3v) is 3.84. The topological polar surface area (TPSA) is 17.1 Å². The van der Waals surface area contributed by atoms with Crippen molar-refractivity contribution in [1.82, 2.24) is 0 Å². The van der Waals surface area contributed by atoms with Gasteiger partial charge in [-0.05, 0) is 41.8 Å². The molecule has 2 aromatic carbocycles. The first-order valence-corrected chi connectivity index (χ1v) is 6.49. The van der Waals surface area contributed by atoms with Gasteiger partial charge >= 0.3 is 0 Å². The minimum absolute atomic E-state index is 0.101. The normalized spacial score (nSPS) is 17.9. The number of carbonyl (C=O) groups excluding carboxylic acids is 1. The monoisotopic (exact) mass is 276 g/mol. The number of halogens is 2. The van der Waals surface area contributed by atoms with Crippen LogP contribution in [0.1, 0.15) is 27.4 Å². The molecule has 0 bridgehead atoms. The second-order valence-electron chi connectivity index (χ2n) is 4.47. The van der Waals surface area contributed by atoms with E-state index in [9.17, 15) is 4.79 Å². The molecular formula is C15H10Cl2O. The second-order valence-corrected chi connectivity index (χ2v) is 5.35. The maximum absolute atomic E-state index is 12.3. The lowest BCUT2D eigenvalue weighted by Gasteiger charge is -2.07. The van der Waals surface area contributed by atoms with E-state index in [1.807, 2.05) is 36.4 Å². The number of hydrogen-bond donors (Lipinski definition) is 0. The third-order valence-electron chi connectivity index (χ3n) is 3.35. The van der Waals surface area contributed by atoms with E-state index < -0.39 is 0 Å². The molecule has 0 heterocycles. The van der Waals surface area contributed by atoms with Gasteiger partial charge in [0.1, 0.15) is 0 Å². The molecule has 0 spiro atoms. The fraction of sp³-hybridized carbons (Fsp3) is 0.133. The molecule has 1 aliphatic rings. The van der Waals surface area contributed by atoms with Crippen LogP contribution in [0.2, 0.25) is 10.0 Å². The number of Topliss-reactive ketones (excluding diaryl/α,β-unsaturated/α-hetero) is 1. The Balaban J connectivity index is 1.99. The zero-order valence-electron chi connectivity index (χ0n) is 9.49. The molecule has 0 unspecified atom stereocenters. The molecule has 0 saturated carbocycles. The van der Waals surface area contributed by atoms with Crippen LogP contribution in [0.4, 0.5) is 0 Å². The van der Waals surface area contributed by atoms with Crippen molar-refractivity contribution in [3.05, 3.63) is 69.2 Å². The van der Waals surface area contributed by atoms with E-state index in [4.69, 9.17) is 23.2 Å². The first kappa shape index (κ1) is 11.8. The minimum Gasteiger partial charge on any atom is -0.293 e. The van der Waals surface area contributed by atoms with Crippen molar-refractivity contribution in [1.29, 1.82) is 0 Å². The highest BCUT2D eigenvalue weighted by Crippen LogP contribution is 2.35. The molecule has 18 heavy (non-hydrogen) atoms. The van der Waals surface area contributed by atoms with Gasteiger partial charge in [0.25, 0.3) is 0 Å². The van der Waals surface area contributed by atoms with Crippen molar-refractivity contribution in [3.8, 4) is 0 Å². The summed E-state index contributed by atoms with van der Waals surface area (Å²) in [4.78, 5) is 12.3. The molecule has 0 amide bonds. The Morgan fingerprint density at radius 3 is 2.33 bits per heavy atom. The molecule has 0 aromatic heterocycles. The fourth-order valence-corrected chi connectivity index (χ4v) is 2.72. The number of ketones is 1. The second kappa shape index (κ2) is 4.42. The largest absolute Gasteiger partial charge is 0.293 e. The maximum atomic E-state index is 12.3. The van der Waals surface area contributed by atoms with Crippen LogP contribution < -0.4 is 0 Å². The van der Waals surface area contributed by atoms with Crippen LogP contribution >= 0.6 is 23.2 Å². The molecule has 0 fully saturated rings. The predicted octanol–water partition coefficient (Wildman–Crippen LogP) is 4.52. The van der Waals surface area contributed by atoms with Gasteiger partial charge in [0.05, 0.1) is 5.92 Å². The van der Waals surface area contributed by atoms with Crippen LogP contribution in [-0.4, -0.2) is 5.78 Å². The van der Waals surface area contributed by atoms with E-state index in [0.29, 0.717) is 10.0 Å². The molecule has 3 rings (SSSR count). The summed E-state index contributed by atoms with van der Waals surface area (Å²) >= 11 is 11.8. The summed E-state index contributed by atoms with van der Waals surface area (Å²) in [5, 5.41) is 1.30. The van der Waals surface area contributed by atoms with E-state index in [-0.39, 0.29) is 11.7 Å². The SMILES string of the molecule is O=C1c2cc(Cl)ccc2C[C@H]1c1ccc(Cl)cc1. The minimum atomic E-state index is -0.101. The van der Waals surface area contributed by atoms with E-state index in [2.05, 4.69) is 0 Å². The molecule has 0 aliphatic heterocycles. The lowest BCUT2D eigenvalue weighted by molar-refractivity contribution is 0.0973. The Morgan fingerprint density at radius 1 is 0.944 bits per heavy atom. The molecule has 1 aliphatic carbocycles. The summed E-state index contributed by atoms with van der Waals surface area (Å²) in [5.41, 5.74) is 2.84.